The molecular formula is C14H21NO4S. The zero-order valence-corrected chi connectivity index (χ0v) is 13.0. The Morgan fingerprint density at radius 1 is 1.30 bits per heavy atom. The Labute approximate surface area is 120 Å². The number of aromatic carboxylic acids is 1. The summed E-state index contributed by atoms with van der Waals surface area (Å²) < 4.78 is 27.4. The van der Waals surface area contributed by atoms with Gasteiger partial charge in [-0.15, -0.1) is 0 Å². The fourth-order valence-corrected chi connectivity index (χ4v) is 3.40. The van der Waals surface area contributed by atoms with E-state index < -0.39 is 16.0 Å². The lowest BCUT2D eigenvalue weighted by molar-refractivity contribution is 0.0696. The van der Waals surface area contributed by atoms with E-state index in [0.29, 0.717) is 12.0 Å². The number of benzene rings is 1. The second-order valence-corrected chi connectivity index (χ2v) is 6.82. The third-order valence-electron chi connectivity index (χ3n) is 3.33. The minimum atomic E-state index is -3.72. The fourth-order valence-electron chi connectivity index (χ4n) is 1.67. The molecule has 1 aromatic carbocycles. The van der Waals surface area contributed by atoms with Crippen molar-refractivity contribution in [2.45, 2.75) is 45.1 Å². The molecule has 0 aliphatic rings. The maximum absolute atomic E-state index is 12.4. The molecule has 0 aliphatic heterocycles. The molecule has 0 radical (unpaired) electrons. The second-order valence-electron chi connectivity index (χ2n) is 5.14. The van der Waals surface area contributed by atoms with Gasteiger partial charge in [0.2, 0.25) is 10.0 Å². The molecule has 2 N–H and O–H groups in total. The van der Waals surface area contributed by atoms with Crippen molar-refractivity contribution in [3.63, 3.8) is 0 Å². The molecule has 112 valence electrons. The van der Waals surface area contributed by atoms with Crippen LogP contribution in [0.3, 0.4) is 0 Å². The number of sulfonamides is 1. The van der Waals surface area contributed by atoms with Crippen molar-refractivity contribution in [3.05, 3.63) is 29.3 Å². The third kappa shape index (κ3) is 3.80. The van der Waals surface area contributed by atoms with Crippen molar-refractivity contribution < 1.29 is 18.3 Å². The molecule has 0 bridgehead atoms. The molecule has 1 aromatic rings. The first kappa shape index (κ1) is 16.7. The first-order chi connectivity index (χ1) is 9.19. The molecule has 6 heteroatoms. The van der Waals surface area contributed by atoms with Crippen LogP contribution in [0.2, 0.25) is 0 Å². The van der Waals surface area contributed by atoms with Gasteiger partial charge in [-0.25, -0.2) is 17.9 Å². The number of hydrogen-bond acceptors (Lipinski definition) is 3. The van der Waals surface area contributed by atoms with E-state index in [0.717, 1.165) is 0 Å². The summed E-state index contributed by atoms with van der Waals surface area (Å²) in [5.74, 6) is -0.987. The Kier molecular flexibility index (Phi) is 5.30. The fraction of sp³-hybridized carbons (Fsp3) is 0.500. The van der Waals surface area contributed by atoms with Crippen LogP contribution in [-0.4, -0.2) is 25.5 Å². The van der Waals surface area contributed by atoms with Crippen molar-refractivity contribution in [1.82, 2.24) is 4.72 Å². The minimum absolute atomic E-state index is 0.0280. The number of carboxylic acid groups (broad SMARTS) is 1. The molecule has 0 saturated carbocycles. The van der Waals surface area contributed by atoms with Crippen LogP contribution in [-0.2, 0) is 16.4 Å². The van der Waals surface area contributed by atoms with Crippen LogP contribution in [0.4, 0.5) is 0 Å². The summed E-state index contributed by atoms with van der Waals surface area (Å²) in [6, 6.07) is 3.97. The first-order valence-electron chi connectivity index (χ1n) is 6.57. The summed E-state index contributed by atoms with van der Waals surface area (Å²) in [4.78, 5) is 11.0. The topological polar surface area (TPSA) is 83.5 Å². The summed E-state index contributed by atoms with van der Waals surface area (Å²) in [6.07, 6.45) is 0.520. The van der Waals surface area contributed by atoms with Gasteiger partial charge in [-0.1, -0.05) is 26.8 Å². The van der Waals surface area contributed by atoms with Gasteiger partial charge >= 0.3 is 5.97 Å². The van der Waals surface area contributed by atoms with Crippen molar-refractivity contribution in [2.24, 2.45) is 5.92 Å². The van der Waals surface area contributed by atoms with Crippen LogP contribution >= 0.6 is 0 Å². The van der Waals surface area contributed by atoms with Gasteiger partial charge in [0.1, 0.15) is 0 Å². The van der Waals surface area contributed by atoms with Crippen LogP contribution < -0.4 is 4.72 Å². The van der Waals surface area contributed by atoms with E-state index in [1.165, 1.54) is 12.1 Å². The first-order valence-corrected chi connectivity index (χ1v) is 8.06. The van der Waals surface area contributed by atoms with Crippen molar-refractivity contribution in [2.75, 3.05) is 0 Å². The largest absolute Gasteiger partial charge is 0.478 e. The average Bonchev–Trinajstić information content (AvgIpc) is 2.37. The van der Waals surface area contributed by atoms with Gasteiger partial charge in [-0.3, -0.25) is 0 Å². The SMILES string of the molecule is CCc1ccc(C(=O)O)cc1S(=O)(=O)NC(C)C(C)C. The Bertz CT molecular complexity index is 593. The molecule has 0 fully saturated rings. The van der Waals surface area contributed by atoms with E-state index in [-0.39, 0.29) is 22.4 Å². The Morgan fingerprint density at radius 2 is 1.90 bits per heavy atom. The van der Waals surface area contributed by atoms with Crippen LogP contribution in [0.25, 0.3) is 0 Å². The van der Waals surface area contributed by atoms with E-state index in [4.69, 9.17) is 5.11 Å². The molecular weight excluding hydrogens is 278 g/mol. The maximum atomic E-state index is 12.4. The summed E-state index contributed by atoms with van der Waals surface area (Å²) in [6.45, 7) is 7.46. The molecule has 1 rings (SSSR count). The van der Waals surface area contributed by atoms with Gasteiger partial charge in [0, 0.05) is 6.04 Å². The molecule has 0 spiro atoms. The summed E-state index contributed by atoms with van der Waals surface area (Å²) in [5, 5.41) is 8.99. The van der Waals surface area contributed by atoms with Crippen LogP contribution in [0, 0.1) is 5.92 Å². The molecule has 20 heavy (non-hydrogen) atoms. The number of carbonyl (C=O) groups is 1. The number of rotatable bonds is 6. The van der Waals surface area contributed by atoms with E-state index in [1.54, 1.807) is 13.0 Å². The lowest BCUT2D eigenvalue weighted by atomic mass is 10.1. The zero-order valence-electron chi connectivity index (χ0n) is 12.2. The normalized spacial score (nSPS) is 13.4. The summed E-state index contributed by atoms with van der Waals surface area (Å²) >= 11 is 0. The van der Waals surface area contributed by atoms with Gasteiger partial charge in [-0.2, -0.15) is 0 Å². The van der Waals surface area contributed by atoms with Gasteiger partial charge in [0.05, 0.1) is 10.5 Å². The molecule has 5 nitrogen and oxygen atoms in total. The molecule has 0 heterocycles. The maximum Gasteiger partial charge on any atom is 0.335 e. The highest BCUT2D eigenvalue weighted by Gasteiger charge is 2.23. The highest BCUT2D eigenvalue weighted by Crippen LogP contribution is 2.20. The minimum Gasteiger partial charge on any atom is -0.478 e. The summed E-state index contributed by atoms with van der Waals surface area (Å²) in [5.41, 5.74) is 0.582. The molecule has 1 atom stereocenters. The van der Waals surface area contributed by atoms with Crippen molar-refractivity contribution in [1.29, 1.82) is 0 Å². The molecule has 0 aromatic heterocycles. The molecule has 0 saturated heterocycles. The predicted molar refractivity (Wildman–Crippen MR) is 77.4 cm³/mol. The quantitative estimate of drug-likeness (QED) is 0.844. The van der Waals surface area contributed by atoms with E-state index in [9.17, 15) is 13.2 Å². The number of aryl methyl sites for hydroxylation is 1. The highest BCUT2D eigenvalue weighted by atomic mass is 32.2. The highest BCUT2D eigenvalue weighted by molar-refractivity contribution is 7.89. The molecule has 0 amide bonds. The second kappa shape index (κ2) is 6.37. The Balaban J connectivity index is 3.28. The van der Waals surface area contributed by atoms with Gasteiger partial charge in [0.25, 0.3) is 0 Å². The number of carboxylic acids is 1. The van der Waals surface area contributed by atoms with Gasteiger partial charge < -0.3 is 5.11 Å². The molecule has 1 unspecified atom stereocenters. The molecule has 0 aliphatic carbocycles. The van der Waals surface area contributed by atoms with E-state index in [2.05, 4.69) is 4.72 Å². The van der Waals surface area contributed by atoms with Gasteiger partial charge in [0.15, 0.2) is 0 Å². The van der Waals surface area contributed by atoms with E-state index >= 15 is 0 Å². The van der Waals surface area contributed by atoms with Crippen molar-refractivity contribution in [3.8, 4) is 0 Å². The van der Waals surface area contributed by atoms with Gasteiger partial charge in [-0.05, 0) is 37.0 Å². The zero-order chi connectivity index (χ0) is 15.5. The van der Waals surface area contributed by atoms with E-state index in [1.807, 2.05) is 20.8 Å². The summed E-state index contributed by atoms with van der Waals surface area (Å²) in [7, 11) is -3.72. The van der Waals surface area contributed by atoms with Crippen LogP contribution in [0.5, 0.6) is 0 Å². The van der Waals surface area contributed by atoms with Crippen molar-refractivity contribution >= 4 is 16.0 Å². The lowest BCUT2D eigenvalue weighted by Gasteiger charge is -2.19. The van der Waals surface area contributed by atoms with Crippen LogP contribution in [0.1, 0.15) is 43.6 Å². The lowest BCUT2D eigenvalue weighted by Crippen LogP contribution is -2.36. The smallest absolute Gasteiger partial charge is 0.335 e. The van der Waals surface area contributed by atoms with Crippen LogP contribution in [0.15, 0.2) is 23.1 Å². The Morgan fingerprint density at radius 3 is 2.35 bits per heavy atom. The number of nitrogens with one attached hydrogen (secondary N) is 1. The predicted octanol–water partition coefficient (Wildman–Crippen LogP) is 2.27. The standard InChI is InChI=1S/C14H21NO4S/c1-5-11-6-7-12(14(16)17)8-13(11)20(18,19)15-10(4)9(2)3/h6-10,15H,5H2,1-4H3,(H,16,17). The number of hydrogen-bond donors (Lipinski definition) is 2. The Hall–Kier alpha value is -1.40. The monoisotopic (exact) mass is 299 g/mol. The third-order valence-corrected chi connectivity index (χ3v) is 4.97. The average molecular weight is 299 g/mol.